The van der Waals surface area contributed by atoms with Gasteiger partial charge >= 0.3 is 5.69 Å². The Morgan fingerprint density at radius 1 is 1.47 bits per heavy atom. The number of aromatic nitrogens is 5. The van der Waals surface area contributed by atoms with Crippen molar-refractivity contribution in [1.29, 1.82) is 0 Å². The van der Waals surface area contributed by atoms with Crippen molar-refractivity contribution < 1.29 is 0 Å². The van der Waals surface area contributed by atoms with Gasteiger partial charge in [0.25, 0.3) is 0 Å². The molecule has 0 radical (unpaired) electrons. The summed E-state index contributed by atoms with van der Waals surface area (Å²) in [6, 6.07) is 0. The molecule has 8 heteroatoms. The van der Waals surface area contributed by atoms with Crippen molar-refractivity contribution in [2.45, 2.75) is 30.2 Å². The Morgan fingerprint density at radius 3 is 2.82 bits per heavy atom. The van der Waals surface area contributed by atoms with E-state index in [-0.39, 0.29) is 5.69 Å². The van der Waals surface area contributed by atoms with Gasteiger partial charge in [-0.05, 0) is 40.8 Å². The summed E-state index contributed by atoms with van der Waals surface area (Å²) in [5.74, 6) is 0. The molecule has 2 heterocycles. The van der Waals surface area contributed by atoms with Crippen molar-refractivity contribution in [2.75, 3.05) is 0 Å². The molecule has 0 saturated carbocycles. The zero-order valence-corrected chi connectivity index (χ0v) is 12.0. The second kappa shape index (κ2) is 5.63. The molecular formula is C9H10IN5OS. The lowest BCUT2D eigenvalue weighted by molar-refractivity contribution is 0.603. The second-order valence-electron chi connectivity index (χ2n) is 3.25. The Labute approximate surface area is 115 Å². The topological polar surface area (TPSA) is 76.5 Å². The number of nitrogens with zero attached hydrogens (tertiary/aromatic N) is 4. The van der Waals surface area contributed by atoms with E-state index in [1.54, 1.807) is 17.0 Å². The van der Waals surface area contributed by atoms with E-state index in [4.69, 9.17) is 0 Å². The number of halogens is 1. The van der Waals surface area contributed by atoms with Crippen LogP contribution in [0.15, 0.2) is 27.5 Å². The van der Waals surface area contributed by atoms with Gasteiger partial charge < -0.3 is 0 Å². The average Bonchev–Trinajstić information content (AvgIpc) is 2.65. The van der Waals surface area contributed by atoms with Crippen molar-refractivity contribution >= 4 is 34.4 Å². The van der Waals surface area contributed by atoms with Gasteiger partial charge in [0.15, 0.2) is 10.3 Å². The minimum atomic E-state index is -0.195. The number of hydrogen-bond acceptors (Lipinski definition) is 5. The summed E-state index contributed by atoms with van der Waals surface area (Å²) in [7, 11) is 0. The maximum atomic E-state index is 11.5. The van der Waals surface area contributed by atoms with E-state index >= 15 is 0 Å². The number of H-pyrrole nitrogens is 1. The highest BCUT2D eigenvalue weighted by molar-refractivity contribution is 14.1. The fourth-order valence-electron chi connectivity index (χ4n) is 1.24. The van der Waals surface area contributed by atoms with E-state index in [2.05, 4.69) is 42.8 Å². The Kier molecular flexibility index (Phi) is 4.15. The maximum absolute atomic E-state index is 11.5. The fourth-order valence-corrected chi connectivity index (χ4v) is 2.27. The summed E-state index contributed by atoms with van der Waals surface area (Å²) in [6.07, 6.45) is 4.33. The SMILES string of the molecule is CCCn1c(Sc2ncc(I)cn2)n[nH]c1=O. The molecule has 0 amide bonds. The molecule has 0 bridgehead atoms. The Hall–Kier alpha value is -0.900. The Bertz CT molecular complexity index is 549. The predicted octanol–water partition coefficient (Wildman–Crippen LogP) is 1.53. The molecule has 1 N–H and O–H groups in total. The smallest absolute Gasteiger partial charge is 0.270 e. The summed E-state index contributed by atoms with van der Waals surface area (Å²) in [4.78, 5) is 19.8. The zero-order valence-electron chi connectivity index (χ0n) is 9.05. The van der Waals surface area contributed by atoms with E-state index < -0.39 is 0 Å². The largest absolute Gasteiger partial charge is 0.343 e. The maximum Gasteiger partial charge on any atom is 0.343 e. The lowest BCUT2D eigenvalue weighted by Crippen LogP contribution is -2.17. The van der Waals surface area contributed by atoms with Crippen LogP contribution in [0.25, 0.3) is 0 Å². The number of aromatic amines is 1. The molecule has 0 fully saturated rings. The molecule has 0 aromatic carbocycles. The van der Waals surface area contributed by atoms with E-state index in [0.717, 1.165) is 9.99 Å². The van der Waals surface area contributed by atoms with Crippen molar-refractivity contribution in [1.82, 2.24) is 24.7 Å². The third-order valence-electron chi connectivity index (χ3n) is 1.95. The van der Waals surface area contributed by atoms with Crippen LogP contribution in [0, 0.1) is 3.57 Å². The number of rotatable bonds is 4. The van der Waals surface area contributed by atoms with E-state index in [0.29, 0.717) is 16.9 Å². The average molecular weight is 363 g/mol. The molecule has 0 atom stereocenters. The first-order chi connectivity index (χ1) is 8.20. The quantitative estimate of drug-likeness (QED) is 0.659. The van der Waals surface area contributed by atoms with Gasteiger partial charge in [0.05, 0.1) is 0 Å². The molecule has 0 aliphatic rings. The molecule has 17 heavy (non-hydrogen) atoms. The van der Waals surface area contributed by atoms with Crippen LogP contribution in [0.1, 0.15) is 13.3 Å². The first-order valence-corrected chi connectivity index (χ1v) is 6.91. The fraction of sp³-hybridized carbons (Fsp3) is 0.333. The van der Waals surface area contributed by atoms with Gasteiger partial charge in [0, 0.05) is 22.5 Å². The van der Waals surface area contributed by atoms with Crippen LogP contribution >= 0.6 is 34.4 Å². The highest BCUT2D eigenvalue weighted by atomic mass is 127. The zero-order chi connectivity index (χ0) is 12.3. The molecule has 0 saturated heterocycles. The van der Waals surface area contributed by atoms with Crippen LogP contribution in [0.4, 0.5) is 0 Å². The molecule has 2 aromatic rings. The second-order valence-corrected chi connectivity index (χ2v) is 5.43. The Balaban J connectivity index is 2.23. The van der Waals surface area contributed by atoms with Gasteiger partial charge in [0.1, 0.15) is 0 Å². The standard InChI is InChI=1S/C9H10IN5OS/c1-2-3-15-8(16)13-14-9(15)17-7-11-4-6(10)5-12-7/h4-5H,2-3H2,1H3,(H,13,16). The molecule has 0 spiro atoms. The van der Waals surface area contributed by atoms with Gasteiger partial charge in [-0.2, -0.15) is 0 Å². The predicted molar refractivity (Wildman–Crippen MR) is 72.0 cm³/mol. The van der Waals surface area contributed by atoms with Gasteiger partial charge in [0.2, 0.25) is 0 Å². The molecule has 0 aliphatic heterocycles. The van der Waals surface area contributed by atoms with Crippen molar-refractivity contribution in [3.63, 3.8) is 0 Å². The van der Waals surface area contributed by atoms with E-state index in [1.165, 1.54) is 11.8 Å². The summed E-state index contributed by atoms with van der Waals surface area (Å²) < 4.78 is 2.56. The third-order valence-corrected chi connectivity index (χ3v) is 3.39. The molecular weight excluding hydrogens is 353 g/mol. The number of nitrogens with one attached hydrogen (secondary N) is 1. The van der Waals surface area contributed by atoms with E-state index in [9.17, 15) is 4.79 Å². The van der Waals surface area contributed by atoms with Crippen molar-refractivity contribution in [3.8, 4) is 0 Å². The van der Waals surface area contributed by atoms with Gasteiger partial charge in [-0.1, -0.05) is 6.92 Å². The summed E-state index contributed by atoms with van der Waals surface area (Å²) >= 11 is 3.42. The molecule has 90 valence electrons. The molecule has 0 aliphatic carbocycles. The van der Waals surface area contributed by atoms with Crippen molar-refractivity contribution in [3.05, 3.63) is 26.4 Å². The van der Waals surface area contributed by atoms with Crippen LogP contribution in [-0.2, 0) is 6.54 Å². The van der Waals surface area contributed by atoms with Crippen LogP contribution in [0.5, 0.6) is 0 Å². The molecule has 2 rings (SSSR count). The summed E-state index contributed by atoms with van der Waals surface area (Å²) in [5, 5.41) is 7.57. The highest BCUT2D eigenvalue weighted by Gasteiger charge is 2.10. The summed E-state index contributed by atoms with van der Waals surface area (Å²) in [5.41, 5.74) is -0.195. The van der Waals surface area contributed by atoms with Crippen LogP contribution in [0.2, 0.25) is 0 Å². The van der Waals surface area contributed by atoms with Gasteiger partial charge in [-0.15, -0.1) is 5.10 Å². The first-order valence-electron chi connectivity index (χ1n) is 5.01. The van der Waals surface area contributed by atoms with Crippen LogP contribution in [-0.4, -0.2) is 24.7 Å². The lowest BCUT2D eigenvalue weighted by Gasteiger charge is -2.01. The van der Waals surface area contributed by atoms with Gasteiger partial charge in [-0.25, -0.2) is 19.9 Å². The molecule has 2 aromatic heterocycles. The summed E-state index contributed by atoms with van der Waals surface area (Å²) in [6.45, 7) is 2.65. The minimum absolute atomic E-state index is 0.195. The third kappa shape index (κ3) is 3.06. The Morgan fingerprint density at radius 2 is 2.18 bits per heavy atom. The normalized spacial score (nSPS) is 10.7. The first kappa shape index (κ1) is 12.6. The monoisotopic (exact) mass is 363 g/mol. The highest BCUT2D eigenvalue weighted by Crippen LogP contribution is 2.21. The van der Waals surface area contributed by atoms with E-state index in [1.807, 2.05) is 6.92 Å². The van der Waals surface area contributed by atoms with Gasteiger partial charge in [-0.3, -0.25) is 4.57 Å². The van der Waals surface area contributed by atoms with Crippen molar-refractivity contribution in [2.24, 2.45) is 0 Å². The van der Waals surface area contributed by atoms with Crippen LogP contribution in [0.3, 0.4) is 0 Å². The van der Waals surface area contributed by atoms with Crippen LogP contribution < -0.4 is 5.69 Å². The lowest BCUT2D eigenvalue weighted by atomic mass is 10.5. The molecule has 6 nitrogen and oxygen atoms in total. The molecule has 0 unspecified atom stereocenters. The number of hydrogen-bond donors (Lipinski definition) is 1. The minimum Gasteiger partial charge on any atom is -0.270 e.